The minimum Gasteiger partial charge on any atom is -0.352 e. The number of thiazole rings is 1. The second-order valence-electron chi connectivity index (χ2n) is 5.87. The maximum Gasteiger partial charge on any atom is 0.223 e. The van der Waals surface area contributed by atoms with Gasteiger partial charge in [-0.15, -0.1) is 0 Å². The standard InChI is InChI=1S/C19H18ClN3O2S/c1-12(24)22-19-23-16-8-6-13(10-17(16)26-19)7-9-18(25)21-11-14-4-2-3-5-15(14)20/h2-6,8,10H,7,9,11H2,1H3,(H,21,25)(H,22,23,24). The summed E-state index contributed by atoms with van der Waals surface area (Å²) in [6, 6.07) is 13.3. The van der Waals surface area contributed by atoms with Crippen molar-refractivity contribution in [1.82, 2.24) is 10.3 Å². The van der Waals surface area contributed by atoms with Gasteiger partial charge in [0.1, 0.15) is 0 Å². The molecule has 0 atom stereocenters. The highest BCUT2D eigenvalue weighted by Crippen LogP contribution is 2.27. The summed E-state index contributed by atoms with van der Waals surface area (Å²) in [4.78, 5) is 27.6. The lowest BCUT2D eigenvalue weighted by Gasteiger charge is -2.07. The summed E-state index contributed by atoms with van der Waals surface area (Å²) in [5.74, 6) is -0.160. The molecule has 5 nitrogen and oxygen atoms in total. The topological polar surface area (TPSA) is 71.1 Å². The highest BCUT2D eigenvalue weighted by atomic mass is 35.5. The molecule has 3 rings (SSSR count). The molecule has 7 heteroatoms. The van der Waals surface area contributed by atoms with Crippen molar-refractivity contribution in [3.05, 3.63) is 58.6 Å². The molecule has 0 saturated heterocycles. The normalized spacial score (nSPS) is 10.7. The van der Waals surface area contributed by atoms with Crippen LogP contribution in [0.25, 0.3) is 10.2 Å². The van der Waals surface area contributed by atoms with Gasteiger partial charge in [0.05, 0.1) is 10.2 Å². The SMILES string of the molecule is CC(=O)Nc1nc2ccc(CCC(=O)NCc3ccccc3Cl)cc2s1. The molecular weight excluding hydrogens is 370 g/mol. The van der Waals surface area contributed by atoms with E-state index in [2.05, 4.69) is 15.6 Å². The number of carbonyl (C=O) groups is 2. The average Bonchev–Trinajstić information content (AvgIpc) is 2.99. The number of carbonyl (C=O) groups excluding carboxylic acids is 2. The van der Waals surface area contributed by atoms with Gasteiger partial charge in [0.2, 0.25) is 11.8 Å². The van der Waals surface area contributed by atoms with E-state index in [1.165, 1.54) is 18.3 Å². The van der Waals surface area contributed by atoms with E-state index in [0.717, 1.165) is 21.3 Å². The zero-order chi connectivity index (χ0) is 18.5. The smallest absolute Gasteiger partial charge is 0.223 e. The van der Waals surface area contributed by atoms with Gasteiger partial charge < -0.3 is 10.6 Å². The maximum atomic E-state index is 12.1. The molecule has 0 bridgehead atoms. The highest BCUT2D eigenvalue weighted by Gasteiger charge is 2.08. The second-order valence-corrected chi connectivity index (χ2v) is 7.31. The molecule has 0 saturated carbocycles. The van der Waals surface area contributed by atoms with Crippen molar-refractivity contribution in [2.45, 2.75) is 26.3 Å². The number of hydrogen-bond donors (Lipinski definition) is 2. The predicted molar refractivity (Wildman–Crippen MR) is 106 cm³/mol. The Morgan fingerprint density at radius 1 is 1.19 bits per heavy atom. The average molecular weight is 388 g/mol. The number of fused-ring (bicyclic) bond motifs is 1. The Morgan fingerprint density at radius 2 is 2.00 bits per heavy atom. The van der Waals surface area contributed by atoms with Gasteiger partial charge in [-0.2, -0.15) is 0 Å². The van der Waals surface area contributed by atoms with Crippen molar-refractivity contribution in [2.75, 3.05) is 5.32 Å². The third-order valence-electron chi connectivity index (χ3n) is 3.81. The molecule has 0 radical (unpaired) electrons. The number of aromatic nitrogens is 1. The van der Waals surface area contributed by atoms with Crippen LogP contribution >= 0.6 is 22.9 Å². The van der Waals surface area contributed by atoms with E-state index < -0.39 is 0 Å². The van der Waals surface area contributed by atoms with E-state index in [4.69, 9.17) is 11.6 Å². The van der Waals surface area contributed by atoms with Crippen molar-refractivity contribution in [1.29, 1.82) is 0 Å². The highest BCUT2D eigenvalue weighted by molar-refractivity contribution is 7.22. The molecular formula is C19H18ClN3O2S. The Bertz CT molecular complexity index is 955. The third kappa shape index (κ3) is 4.80. The molecule has 26 heavy (non-hydrogen) atoms. The molecule has 2 aromatic carbocycles. The lowest BCUT2D eigenvalue weighted by molar-refractivity contribution is -0.121. The summed E-state index contributed by atoms with van der Waals surface area (Å²) in [6.45, 7) is 1.88. The minimum atomic E-state index is -0.139. The van der Waals surface area contributed by atoms with Gasteiger partial charge >= 0.3 is 0 Å². The van der Waals surface area contributed by atoms with Gasteiger partial charge in [-0.3, -0.25) is 9.59 Å². The van der Waals surface area contributed by atoms with Gasteiger partial charge in [0.15, 0.2) is 5.13 Å². The first-order valence-electron chi connectivity index (χ1n) is 8.18. The summed E-state index contributed by atoms with van der Waals surface area (Å²) in [7, 11) is 0. The van der Waals surface area contributed by atoms with E-state index >= 15 is 0 Å². The van der Waals surface area contributed by atoms with Crippen LogP contribution in [-0.4, -0.2) is 16.8 Å². The van der Waals surface area contributed by atoms with Crippen LogP contribution in [0.3, 0.4) is 0 Å². The quantitative estimate of drug-likeness (QED) is 0.667. The number of rotatable bonds is 6. The zero-order valence-electron chi connectivity index (χ0n) is 14.2. The first-order chi connectivity index (χ1) is 12.5. The maximum absolute atomic E-state index is 12.1. The van der Waals surface area contributed by atoms with E-state index in [0.29, 0.717) is 29.5 Å². The number of anilines is 1. The van der Waals surface area contributed by atoms with Crippen molar-refractivity contribution < 1.29 is 9.59 Å². The first kappa shape index (κ1) is 18.4. The first-order valence-corrected chi connectivity index (χ1v) is 9.38. The number of nitrogens with zero attached hydrogens (tertiary/aromatic N) is 1. The van der Waals surface area contributed by atoms with Crippen LogP contribution in [0.4, 0.5) is 5.13 Å². The van der Waals surface area contributed by atoms with E-state index in [-0.39, 0.29) is 11.8 Å². The summed E-state index contributed by atoms with van der Waals surface area (Å²) >= 11 is 7.51. The number of nitrogens with one attached hydrogen (secondary N) is 2. The van der Waals surface area contributed by atoms with Crippen LogP contribution in [-0.2, 0) is 22.6 Å². The van der Waals surface area contributed by atoms with E-state index in [9.17, 15) is 9.59 Å². The van der Waals surface area contributed by atoms with Crippen molar-refractivity contribution in [3.8, 4) is 0 Å². The molecule has 0 fully saturated rings. The van der Waals surface area contributed by atoms with Crippen LogP contribution in [0.1, 0.15) is 24.5 Å². The Balaban J connectivity index is 1.56. The Kier molecular flexibility index (Phi) is 5.85. The molecule has 134 valence electrons. The van der Waals surface area contributed by atoms with Crippen molar-refractivity contribution in [3.63, 3.8) is 0 Å². The fourth-order valence-corrected chi connectivity index (χ4v) is 3.69. The van der Waals surface area contributed by atoms with Crippen LogP contribution < -0.4 is 10.6 Å². The molecule has 0 aliphatic carbocycles. The summed E-state index contributed by atoms with van der Waals surface area (Å²) in [5, 5.41) is 6.82. The van der Waals surface area contributed by atoms with Gasteiger partial charge in [-0.25, -0.2) is 4.98 Å². The number of benzene rings is 2. The van der Waals surface area contributed by atoms with Gasteiger partial charge in [-0.05, 0) is 35.7 Å². The minimum absolute atomic E-state index is 0.0201. The second kappa shape index (κ2) is 8.29. The van der Waals surface area contributed by atoms with E-state index in [1.807, 2.05) is 42.5 Å². The lowest BCUT2D eigenvalue weighted by Crippen LogP contribution is -2.23. The van der Waals surface area contributed by atoms with Crippen LogP contribution in [0.2, 0.25) is 5.02 Å². The molecule has 3 aromatic rings. The fraction of sp³-hybridized carbons (Fsp3) is 0.211. The van der Waals surface area contributed by atoms with E-state index in [1.54, 1.807) is 0 Å². The zero-order valence-corrected chi connectivity index (χ0v) is 15.8. The van der Waals surface area contributed by atoms with Crippen LogP contribution in [0, 0.1) is 0 Å². The van der Waals surface area contributed by atoms with Crippen molar-refractivity contribution >= 4 is 50.1 Å². The Labute approximate surface area is 160 Å². The van der Waals surface area contributed by atoms with Crippen LogP contribution in [0.15, 0.2) is 42.5 Å². The number of hydrogen-bond acceptors (Lipinski definition) is 4. The third-order valence-corrected chi connectivity index (χ3v) is 5.11. The molecule has 2 N–H and O–H groups in total. The Hall–Kier alpha value is -2.44. The molecule has 0 aliphatic heterocycles. The summed E-state index contributed by atoms with van der Waals surface area (Å²) in [5.41, 5.74) is 2.80. The van der Waals surface area contributed by atoms with Crippen LogP contribution in [0.5, 0.6) is 0 Å². The number of halogens is 1. The summed E-state index contributed by atoms with van der Waals surface area (Å²) < 4.78 is 0.989. The lowest BCUT2D eigenvalue weighted by atomic mass is 10.1. The Morgan fingerprint density at radius 3 is 2.77 bits per heavy atom. The van der Waals surface area contributed by atoms with Gasteiger partial charge in [0, 0.05) is 24.9 Å². The molecule has 0 unspecified atom stereocenters. The fourth-order valence-electron chi connectivity index (χ4n) is 2.51. The number of amides is 2. The van der Waals surface area contributed by atoms with Gasteiger partial charge in [-0.1, -0.05) is 47.2 Å². The predicted octanol–water partition coefficient (Wildman–Crippen LogP) is 4.16. The molecule has 2 amide bonds. The van der Waals surface area contributed by atoms with Crippen molar-refractivity contribution in [2.24, 2.45) is 0 Å². The monoisotopic (exact) mass is 387 g/mol. The summed E-state index contributed by atoms with van der Waals surface area (Å²) in [6.07, 6.45) is 1.03. The molecule has 0 aliphatic rings. The molecule has 0 spiro atoms. The molecule has 1 aromatic heterocycles. The molecule has 1 heterocycles. The number of aryl methyl sites for hydroxylation is 1. The largest absolute Gasteiger partial charge is 0.352 e. The van der Waals surface area contributed by atoms with Gasteiger partial charge in [0.25, 0.3) is 0 Å².